The predicted molar refractivity (Wildman–Crippen MR) is 32.9 cm³/mol. The van der Waals surface area contributed by atoms with E-state index in [0.29, 0.717) is 6.17 Å². The molecule has 0 bridgehead atoms. The summed E-state index contributed by atoms with van der Waals surface area (Å²) in [5.41, 5.74) is 0. The first kappa shape index (κ1) is 5.09. The Morgan fingerprint density at radius 1 is 1.67 bits per heavy atom. The fraction of sp³-hybridized carbons (Fsp3) is 0.833. The van der Waals surface area contributed by atoms with Gasteiger partial charge in [0.15, 0.2) is 0 Å². The molecule has 0 N–H and O–H groups in total. The molecule has 0 saturated carbocycles. The summed E-state index contributed by atoms with van der Waals surface area (Å²) in [6, 6.07) is 0.206. The summed E-state index contributed by atoms with van der Waals surface area (Å²) in [7, 11) is 1.87. The predicted octanol–water partition coefficient (Wildman–Crippen LogP) is 0.474. The number of amides is 2. The Hall–Kier alpha value is -0.730. The standard InChI is InChI=1S/C6H10N2O/c1-7-5-3-2-4-8(5)6(7)9/h5H,2-4H2,1H3. The van der Waals surface area contributed by atoms with Gasteiger partial charge in [0.25, 0.3) is 0 Å². The molecule has 0 aromatic carbocycles. The van der Waals surface area contributed by atoms with E-state index in [-0.39, 0.29) is 6.03 Å². The van der Waals surface area contributed by atoms with Gasteiger partial charge in [-0.15, -0.1) is 0 Å². The van der Waals surface area contributed by atoms with Crippen LogP contribution in [0.5, 0.6) is 0 Å². The molecule has 0 aromatic heterocycles. The molecule has 0 aromatic rings. The molecular formula is C6H10N2O. The third-order valence-corrected chi connectivity index (χ3v) is 2.22. The summed E-state index contributed by atoms with van der Waals surface area (Å²) in [5.74, 6) is 0. The van der Waals surface area contributed by atoms with Gasteiger partial charge in [-0.3, -0.25) is 0 Å². The molecule has 0 aliphatic carbocycles. The maximum Gasteiger partial charge on any atom is 0.323 e. The fourth-order valence-electron chi connectivity index (χ4n) is 1.65. The Labute approximate surface area is 54.2 Å². The SMILES string of the molecule is CN1C(=O)N2CCCC12. The first-order valence-corrected chi connectivity index (χ1v) is 3.34. The number of hydrogen-bond acceptors (Lipinski definition) is 1. The zero-order valence-corrected chi connectivity index (χ0v) is 5.50. The molecule has 0 radical (unpaired) electrons. The average molecular weight is 126 g/mol. The highest BCUT2D eigenvalue weighted by atomic mass is 16.2. The molecule has 2 rings (SSSR count). The Balaban J connectivity index is 2.14. The second-order valence-corrected chi connectivity index (χ2v) is 2.71. The number of urea groups is 1. The third kappa shape index (κ3) is 0.446. The topological polar surface area (TPSA) is 23.6 Å². The van der Waals surface area contributed by atoms with Gasteiger partial charge < -0.3 is 9.80 Å². The third-order valence-electron chi connectivity index (χ3n) is 2.22. The van der Waals surface area contributed by atoms with Crippen molar-refractivity contribution in [2.75, 3.05) is 13.6 Å². The van der Waals surface area contributed by atoms with Crippen LogP contribution in [0.3, 0.4) is 0 Å². The summed E-state index contributed by atoms with van der Waals surface area (Å²) in [4.78, 5) is 14.6. The van der Waals surface area contributed by atoms with Crippen LogP contribution >= 0.6 is 0 Å². The minimum Gasteiger partial charge on any atom is -0.307 e. The molecule has 0 spiro atoms. The summed E-state index contributed by atoms with van der Waals surface area (Å²) in [5, 5.41) is 0. The number of rotatable bonds is 0. The average Bonchev–Trinajstić information content (AvgIpc) is 2.30. The van der Waals surface area contributed by atoms with Crippen LogP contribution in [0.1, 0.15) is 12.8 Å². The van der Waals surface area contributed by atoms with Crippen LogP contribution in [0.2, 0.25) is 0 Å². The molecule has 2 saturated heterocycles. The summed E-state index contributed by atoms with van der Waals surface area (Å²) < 4.78 is 0. The monoisotopic (exact) mass is 126 g/mol. The first-order valence-electron chi connectivity index (χ1n) is 3.34. The molecule has 50 valence electrons. The van der Waals surface area contributed by atoms with Crippen molar-refractivity contribution < 1.29 is 4.79 Å². The van der Waals surface area contributed by atoms with Gasteiger partial charge in [0, 0.05) is 13.6 Å². The van der Waals surface area contributed by atoms with Crippen LogP contribution in [0.15, 0.2) is 0 Å². The quantitative estimate of drug-likeness (QED) is 0.463. The van der Waals surface area contributed by atoms with Crippen LogP contribution in [0, 0.1) is 0 Å². The van der Waals surface area contributed by atoms with Crippen molar-refractivity contribution in [2.45, 2.75) is 19.0 Å². The van der Waals surface area contributed by atoms with Crippen molar-refractivity contribution in [1.82, 2.24) is 9.80 Å². The van der Waals surface area contributed by atoms with Crippen molar-refractivity contribution in [3.8, 4) is 0 Å². The minimum atomic E-state index is 0.206. The lowest BCUT2D eigenvalue weighted by Gasteiger charge is -2.44. The van der Waals surface area contributed by atoms with E-state index in [2.05, 4.69) is 0 Å². The minimum absolute atomic E-state index is 0.206. The van der Waals surface area contributed by atoms with E-state index in [9.17, 15) is 4.79 Å². The second kappa shape index (κ2) is 1.40. The van der Waals surface area contributed by atoms with E-state index in [1.165, 1.54) is 12.8 Å². The molecule has 1 atom stereocenters. The lowest BCUT2D eigenvalue weighted by molar-refractivity contribution is 0.0367. The Kier molecular flexibility index (Phi) is 0.793. The van der Waals surface area contributed by atoms with Crippen LogP contribution in [-0.2, 0) is 0 Å². The van der Waals surface area contributed by atoms with Gasteiger partial charge >= 0.3 is 6.03 Å². The number of fused-ring (bicyclic) bond motifs is 1. The van der Waals surface area contributed by atoms with Crippen molar-refractivity contribution in [3.05, 3.63) is 0 Å². The fourth-order valence-corrected chi connectivity index (χ4v) is 1.65. The summed E-state index contributed by atoms with van der Waals surface area (Å²) in [6.45, 7) is 0.980. The van der Waals surface area contributed by atoms with Gasteiger partial charge in [-0.05, 0) is 12.8 Å². The van der Waals surface area contributed by atoms with Gasteiger partial charge in [0.1, 0.15) is 6.17 Å². The van der Waals surface area contributed by atoms with E-state index in [1.807, 2.05) is 16.8 Å². The highest BCUT2D eigenvalue weighted by Gasteiger charge is 2.44. The van der Waals surface area contributed by atoms with Crippen LogP contribution in [0.4, 0.5) is 4.79 Å². The normalized spacial score (nSPS) is 32.6. The Morgan fingerprint density at radius 3 is 3.11 bits per heavy atom. The zero-order chi connectivity index (χ0) is 6.43. The lowest BCUT2D eigenvalue weighted by Crippen LogP contribution is -2.62. The van der Waals surface area contributed by atoms with Crippen LogP contribution in [-0.4, -0.2) is 35.6 Å². The van der Waals surface area contributed by atoms with E-state index in [1.54, 1.807) is 0 Å². The highest BCUT2D eigenvalue weighted by Crippen LogP contribution is 2.29. The van der Waals surface area contributed by atoms with Crippen molar-refractivity contribution in [1.29, 1.82) is 0 Å². The number of carbonyl (C=O) groups excluding carboxylic acids is 1. The van der Waals surface area contributed by atoms with Gasteiger partial charge in [-0.2, -0.15) is 0 Å². The van der Waals surface area contributed by atoms with Crippen molar-refractivity contribution >= 4 is 6.03 Å². The number of nitrogens with zero attached hydrogens (tertiary/aromatic N) is 2. The number of hydrogen-bond donors (Lipinski definition) is 0. The lowest BCUT2D eigenvalue weighted by atomic mass is 10.3. The van der Waals surface area contributed by atoms with Gasteiger partial charge in [0.2, 0.25) is 0 Å². The first-order chi connectivity index (χ1) is 4.30. The molecule has 2 aliphatic rings. The maximum atomic E-state index is 10.9. The maximum absolute atomic E-state index is 10.9. The number of carbonyl (C=O) groups is 1. The van der Waals surface area contributed by atoms with Crippen LogP contribution in [0.25, 0.3) is 0 Å². The largest absolute Gasteiger partial charge is 0.323 e. The van der Waals surface area contributed by atoms with Crippen molar-refractivity contribution in [3.63, 3.8) is 0 Å². The van der Waals surface area contributed by atoms with E-state index < -0.39 is 0 Å². The Bertz CT molecular complexity index is 157. The highest BCUT2D eigenvalue weighted by molar-refractivity contribution is 5.80. The van der Waals surface area contributed by atoms with Gasteiger partial charge in [-0.1, -0.05) is 0 Å². The Morgan fingerprint density at radius 2 is 2.44 bits per heavy atom. The molecule has 1 unspecified atom stereocenters. The van der Waals surface area contributed by atoms with E-state index in [0.717, 1.165) is 6.54 Å². The van der Waals surface area contributed by atoms with Gasteiger partial charge in [0.05, 0.1) is 0 Å². The second-order valence-electron chi connectivity index (χ2n) is 2.71. The van der Waals surface area contributed by atoms with E-state index >= 15 is 0 Å². The molecule has 2 aliphatic heterocycles. The zero-order valence-electron chi connectivity index (χ0n) is 5.50. The molecule has 3 heteroatoms. The molecule has 2 heterocycles. The van der Waals surface area contributed by atoms with Crippen molar-refractivity contribution in [2.24, 2.45) is 0 Å². The summed E-state index contributed by atoms with van der Waals surface area (Å²) >= 11 is 0. The molecule has 9 heavy (non-hydrogen) atoms. The molecular weight excluding hydrogens is 116 g/mol. The molecule has 3 nitrogen and oxygen atoms in total. The van der Waals surface area contributed by atoms with Gasteiger partial charge in [-0.25, -0.2) is 4.79 Å². The molecule has 2 fully saturated rings. The van der Waals surface area contributed by atoms with Crippen LogP contribution < -0.4 is 0 Å². The molecule has 2 amide bonds. The smallest absolute Gasteiger partial charge is 0.307 e. The summed E-state index contributed by atoms with van der Waals surface area (Å²) in [6.07, 6.45) is 2.81. The van der Waals surface area contributed by atoms with E-state index in [4.69, 9.17) is 0 Å².